The SMILES string of the molecule is O=C(O)CC(NC(=O)c1ccccc1Cl)c1cccc(Cl)c1. The van der Waals surface area contributed by atoms with Crippen LogP contribution < -0.4 is 5.32 Å². The van der Waals surface area contributed by atoms with Crippen LogP contribution >= 0.6 is 23.2 Å². The zero-order chi connectivity index (χ0) is 16.1. The number of rotatable bonds is 5. The number of carboxylic acid groups (broad SMARTS) is 1. The smallest absolute Gasteiger partial charge is 0.305 e. The van der Waals surface area contributed by atoms with Crippen LogP contribution in [0.3, 0.4) is 0 Å². The average molecular weight is 338 g/mol. The first-order chi connectivity index (χ1) is 10.5. The quantitative estimate of drug-likeness (QED) is 0.868. The summed E-state index contributed by atoms with van der Waals surface area (Å²) in [5.41, 5.74) is 0.914. The summed E-state index contributed by atoms with van der Waals surface area (Å²) in [6, 6.07) is 12.6. The minimum Gasteiger partial charge on any atom is -0.481 e. The zero-order valence-electron chi connectivity index (χ0n) is 11.4. The molecule has 2 aromatic rings. The third kappa shape index (κ3) is 4.23. The number of benzene rings is 2. The lowest BCUT2D eigenvalue weighted by Gasteiger charge is -2.18. The highest BCUT2D eigenvalue weighted by molar-refractivity contribution is 6.33. The van der Waals surface area contributed by atoms with Crippen LogP contribution in [0, 0.1) is 0 Å². The lowest BCUT2D eigenvalue weighted by atomic mass is 10.0. The van der Waals surface area contributed by atoms with Crippen molar-refractivity contribution in [3.8, 4) is 0 Å². The first-order valence-corrected chi connectivity index (χ1v) is 7.25. The van der Waals surface area contributed by atoms with E-state index in [4.69, 9.17) is 28.3 Å². The van der Waals surface area contributed by atoms with Crippen molar-refractivity contribution >= 4 is 35.1 Å². The molecule has 0 bridgehead atoms. The van der Waals surface area contributed by atoms with Gasteiger partial charge in [-0.25, -0.2) is 0 Å². The second kappa shape index (κ2) is 7.29. The van der Waals surface area contributed by atoms with Gasteiger partial charge in [0.2, 0.25) is 0 Å². The molecular formula is C16H13Cl2NO3. The highest BCUT2D eigenvalue weighted by Crippen LogP contribution is 2.22. The number of carboxylic acids is 1. The Bertz CT molecular complexity index is 703. The standard InChI is InChI=1S/C16H13Cl2NO3/c17-11-5-3-4-10(8-11)14(9-15(20)21)19-16(22)12-6-1-2-7-13(12)18/h1-8,14H,9H2,(H,19,22)(H,20,21). The fourth-order valence-electron chi connectivity index (χ4n) is 2.03. The minimum absolute atomic E-state index is 0.253. The lowest BCUT2D eigenvalue weighted by molar-refractivity contribution is -0.137. The normalized spacial score (nSPS) is 11.7. The number of hydrogen-bond donors (Lipinski definition) is 2. The van der Waals surface area contributed by atoms with E-state index >= 15 is 0 Å². The van der Waals surface area contributed by atoms with Crippen LogP contribution in [0.4, 0.5) is 0 Å². The van der Waals surface area contributed by atoms with Crippen molar-refractivity contribution in [2.75, 3.05) is 0 Å². The summed E-state index contributed by atoms with van der Waals surface area (Å²) in [6.45, 7) is 0. The third-order valence-electron chi connectivity index (χ3n) is 3.05. The average Bonchev–Trinajstić information content (AvgIpc) is 2.46. The molecule has 6 heteroatoms. The van der Waals surface area contributed by atoms with Crippen molar-refractivity contribution in [1.29, 1.82) is 0 Å². The molecule has 0 aromatic heterocycles. The Labute approximate surface area is 137 Å². The highest BCUT2D eigenvalue weighted by Gasteiger charge is 2.20. The van der Waals surface area contributed by atoms with Crippen LogP contribution in [0.1, 0.15) is 28.4 Å². The van der Waals surface area contributed by atoms with E-state index in [1.165, 1.54) is 0 Å². The first-order valence-electron chi connectivity index (χ1n) is 6.50. The molecule has 114 valence electrons. The Morgan fingerprint density at radius 1 is 1.09 bits per heavy atom. The number of halogens is 2. The van der Waals surface area contributed by atoms with E-state index in [1.54, 1.807) is 48.5 Å². The Morgan fingerprint density at radius 3 is 2.45 bits per heavy atom. The molecule has 2 aromatic carbocycles. The molecule has 0 aliphatic rings. The van der Waals surface area contributed by atoms with Crippen molar-refractivity contribution in [3.63, 3.8) is 0 Å². The molecule has 0 radical (unpaired) electrons. The molecule has 0 saturated carbocycles. The van der Waals surface area contributed by atoms with Crippen LogP contribution in [-0.4, -0.2) is 17.0 Å². The molecule has 0 heterocycles. The van der Waals surface area contributed by atoms with Gasteiger partial charge in [-0.2, -0.15) is 0 Å². The maximum absolute atomic E-state index is 12.3. The fraction of sp³-hybridized carbons (Fsp3) is 0.125. The van der Waals surface area contributed by atoms with Crippen LogP contribution in [0.15, 0.2) is 48.5 Å². The van der Waals surface area contributed by atoms with Gasteiger partial charge in [-0.15, -0.1) is 0 Å². The van der Waals surface area contributed by atoms with Gasteiger partial charge in [0.25, 0.3) is 5.91 Å². The molecule has 0 fully saturated rings. The largest absolute Gasteiger partial charge is 0.481 e. The lowest BCUT2D eigenvalue weighted by Crippen LogP contribution is -2.30. The molecule has 0 saturated heterocycles. The van der Waals surface area contributed by atoms with Gasteiger partial charge < -0.3 is 10.4 Å². The number of carbonyl (C=O) groups is 2. The van der Waals surface area contributed by atoms with E-state index in [-0.39, 0.29) is 6.42 Å². The molecule has 1 unspecified atom stereocenters. The van der Waals surface area contributed by atoms with E-state index in [1.807, 2.05) is 0 Å². The molecular weight excluding hydrogens is 325 g/mol. The van der Waals surface area contributed by atoms with Gasteiger partial charge in [0.15, 0.2) is 0 Å². The molecule has 22 heavy (non-hydrogen) atoms. The highest BCUT2D eigenvalue weighted by atomic mass is 35.5. The molecule has 4 nitrogen and oxygen atoms in total. The maximum Gasteiger partial charge on any atom is 0.305 e. The van der Waals surface area contributed by atoms with Gasteiger partial charge >= 0.3 is 5.97 Å². The number of amides is 1. The van der Waals surface area contributed by atoms with Crippen molar-refractivity contribution in [2.45, 2.75) is 12.5 Å². The molecule has 0 aliphatic heterocycles. The van der Waals surface area contributed by atoms with Gasteiger partial charge in [0, 0.05) is 5.02 Å². The van der Waals surface area contributed by atoms with Crippen molar-refractivity contribution in [2.24, 2.45) is 0 Å². The van der Waals surface area contributed by atoms with Gasteiger partial charge in [-0.05, 0) is 29.8 Å². The molecule has 0 aliphatic carbocycles. The Kier molecular flexibility index (Phi) is 5.41. The van der Waals surface area contributed by atoms with E-state index in [2.05, 4.69) is 5.32 Å². The van der Waals surface area contributed by atoms with Gasteiger partial charge in [0.05, 0.1) is 23.0 Å². The number of hydrogen-bond acceptors (Lipinski definition) is 2. The molecule has 1 atom stereocenters. The topological polar surface area (TPSA) is 66.4 Å². The second-order valence-corrected chi connectivity index (χ2v) is 5.50. The van der Waals surface area contributed by atoms with Crippen LogP contribution in [0.25, 0.3) is 0 Å². The van der Waals surface area contributed by atoms with E-state index in [0.29, 0.717) is 21.2 Å². The minimum atomic E-state index is -1.02. The summed E-state index contributed by atoms with van der Waals surface area (Å²) < 4.78 is 0. The van der Waals surface area contributed by atoms with Crippen molar-refractivity contribution in [1.82, 2.24) is 5.32 Å². The summed E-state index contributed by atoms with van der Waals surface area (Å²) in [4.78, 5) is 23.3. The van der Waals surface area contributed by atoms with Crippen molar-refractivity contribution in [3.05, 3.63) is 69.7 Å². The number of carbonyl (C=O) groups excluding carboxylic acids is 1. The van der Waals surface area contributed by atoms with Crippen LogP contribution in [0.2, 0.25) is 10.0 Å². The summed E-state index contributed by atoms with van der Waals surface area (Å²) in [5, 5.41) is 12.5. The Morgan fingerprint density at radius 2 is 1.82 bits per heavy atom. The monoisotopic (exact) mass is 337 g/mol. The van der Waals surface area contributed by atoms with Crippen LogP contribution in [-0.2, 0) is 4.79 Å². The molecule has 1 amide bonds. The molecule has 2 N–H and O–H groups in total. The summed E-state index contributed by atoms with van der Waals surface area (Å²) in [6.07, 6.45) is -0.253. The number of aliphatic carboxylic acids is 1. The maximum atomic E-state index is 12.3. The fourth-order valence-corrected chi connectivity index (χ4v) is 2.45. The summed E-state index contributed by atoms with van der Waals surface area (Å²) in [7, 11) is 0. The third-order valence-corrected chi connectivity index (χ3v) is 3.62. The van der Waals surface area contributed by atoms with Crippen molar-refractivity contribution < 1.29 is 14.7 Å². The van der Waals surface area contributed by atoms with Gasteiger partial charge in [0.1, 0.15) is 0 Å². The second-order valence-electron chi connectivity index (χ2n) is 4.66. The number of nitrogens with one attached hydrogen (secondary N) is 1. The van der Waals surface area contributed by atoms with Crippen LogP contribution in [0.5, 0.6) is 0 Å². The summed E-state index contributed by atoms with van der Waals surface area (Å²) >= 11 is 11.9. The van der Waals surface area contributed by atoms with Gasteiger partial charge in [-0.1, -0.05) is 47.5 Å². The van der Waals surface area contributed by atoms with Gasteiger partial charge in [-0.3, -0.25) is 9.59 Å². The van der Waals surface area contributed by atoms with E-state index in [9.17, 15) is 9.59 Å². The first kappa shape index (κ1) is 16.3. The Balaban J connectivity index is 2.25. The predicted octanol–water partition coefficient (Wildman–Crippen LogP) is 3.94. The van der Waals surface area contributed by atoms with E-state index in [0.717, 1.165) is 0 Å². The van der Waals surface area contributed by atoms with E-state index < -0.39 is 17.9 Å². The molecule has 2 rings (SSSR count). The Hall–Kier alpha value is -2.04. The summed E-state index contributed by atoms with van der Waals surface area (Å²) in [5.74, 6) is -1.46. The molecule has 0 spiro atoms. The zero-order valence-corrected chi connectivity index (χ0v) is 12.9. The predicted molar refractivity (Wildman–Crippen MR) is 85.4 cm³/mol.